The fourth-order valence-corrected chi connectivity index (χ4v) is 1.35. The zero-order valence-electron chi connectivity index (χ0n) is 8.11. The molecule has 0 spiro atoms. The van der Waals surface area contributed by atoms with Crippen LogP contribution < -0.4 is 5.73 Å². The summed E-state index contributed by atoms with van der Waals surface area (Å²) in [5.41, 5.74) is 6.17. The third kappa shape index (κ3) is 3.38. The Morgan fingerprint density at radius 3 is 2.87 bits per heavy atom. The van der Waals surface area contributed by atoms with Crippen molar-refractivity contribution in [2.75, 3.05) is 6.54 Å². The van der Waals surface area contributed by atoms with E-state index in [1.165, 1.54) is 6.07 Å². The van der Waals surface area contributed by atoms with Gasteiger partial charge in [0.1, 0.15) is 0 Å². The molecule has 1 aromatic carbocycles. The quantitative estimate of drug-likeness (QED) is 0.827. The van der Waals surface area contributed by atoms with E-state index in [9.17, 15) is 4.79 Å². The molecule has 0 amide bonds. The highest BCUT2D eigenvalue weighted by molar-refractivity contribution is 6.30. The summed E-state index contributed by atoms with van der Waals surface area (Å²) in [6.45, 7) is 0.541. The minimum Gasteiger partial charge on any atom is -0.478 e. The maximum absolute atomic E-state index is 10.9. The molecule has 0 aromatic heterocycles. The van der Waals surface area contributed by atoms with Gasteiger partial charge in [-0.3, -0.25) is 0 Å². The first-order chi connectivity index (χ1) is 7.15. The number of carboxylic acid groups (broad SMARTS) is 1. The number of carbonyl (C=O) groups is 1. The minimum atomic E-state index is -0.959. The molecule has 0 saturated heterocycles. The highest BCUT2D eigenvalue weighted by Crippen LogP contribution is 2.17. The molecule has 80 valence electrons. The van der Waals surface area contributed by atoms with Crippen LogP contribution in [0.2, 0.25) is 5.02 Å². The van der Waals surface area contributed by atoms with Crippen molar-refractivity contribution >= 4 is 23.6 Å². The second-order valence-electron chi connectivity index (χ2n) is 3.02. The molecule has 1 aromatic rings. The number of benzene rings is 1. The molecule has 0 radical (unpaired) electrons. The Morgan fingerprint density at radius 2 is 2.27 bits per heavy atom. The minimum absolute atomic E-state index is 0.243. The Labute approximate surface area is 93.2 Å². The topological polar surface area (TPSA) is 63.3 Å². The summed E-state index contributed by atoms with van der Waals surface area (Å²) in [5.74, 6) is -0.959. The second kappa shape index (κ2) is 5.53. The third-order valence-corrected chi connectivity index (χ3v) is 2.11. The standard InChI is InChI=1S/C11H12ClNO2/c12-9-4-5-10(11(14)15)8(7-9)3-1-2-6-13/h1,3-5,7H,2,6,13H2,(H,14,15). The largest absolute Gasteiger partial charge is 0.478 e. The predicted octanol–water partition coefficient (Wildman–Crippen LogP) is 2.40. The lowest BCUT2D eigenvalue weighted by Crippen LogP contribution is -1.99. The monoisotopic (exact) mass is 225 g/mol. The smallest absolute Gasteiger partial charge is 0.336 e. The molecule has 4 heteroatoms. The van der Waals surface area contributed by atoms with Crippen molar-refractivity contribution in [3.63, 3.8) is 0 Å². The number of rotatable bonds is 4. The van der Waals surface area contributed by atoms with Crippen molar-refractivity contribution in [1.29, 1.82) is 0 Å². The zero-order valence-corrected chi connectivity index (χ0v) is 8.87. The van der Waals surface area contributed by atoms with Gasteiger partial charge in [0.2, 0.25) is 0 Å². The van der Waals surface area contributed by atoms with E-state index in [-0.39, 0.29) is 5.56 Å². The Bertz CT molecular complexity index is 388. The summed E-state index contributed by atoms with van der Waals surface area (Å²) >= 11 is 5.78. The zero-order chi connectivity index (χ0) is 11.3. The molecule has 3 N–H and O–H groups in total. The molecule has 0 heterocycles. The molecule has 15 heavy (non-hydrogen) atoms. The first-order valence-electron chi connectivity index (χ1n) is 4.54. The predicted molar refractivity (Wildman–Crippen MR) is 61.1 cm³/mol. The van der Waals surface area contributed by atoms with Gasteiger partial charge < -0.3 is 10.8 Å². The van der Waals surface area contributed by atoms with Crippen molar-refractivity contribution in [2.24, 2.45) is 5.73 Å². The lowest BCUT2D eigenvalue weighted by molar-refractivity contribution is 0.0696. The van der Waals surface area contributed by atoms with Crippen LogP contribution in [0.4, 0.5) is 0 Å². The van der Waals surface area contributed by atoms with Crippen LogP contribution in [0.5, 0.6) is 0 Å². The third-order valence-electron chi connectivity index (χ3n) is 1.87. The molecule has 0 aliphatic carbocycles. The lowest BCUT2D eigenvalue weighted by Gasteiger charge is -2.01. The van der Waals surface area contributed by atoms with Crippen LogP contribution >= 0.6 is 11.6 Å². The Balaban J connectivity index is 3.02. The van der Waals surface area contributed by atoms with Gasteiger partial charge >= 0.3 is 5.97 Å². The van der Waals surface area contributed by atoms with Gasteiger partial charge in [-0.15, -0.1) is 0 Å². The van der Waals surface area contributed by atoms with Crippen molar-refractivity contribution in [2.45, 2.75) is 6.42 Å². The van der Waals surface area contributed by atoms with Crippen LogP contribution in [0.1, 0.15) is 22.3 Å². The van der Waals surface area contributed by atoms with Crippen molar-refractivity contribution in [3.05, 3.63) is 40.4 Å². The van der Waals surface area contributed by atoms with Gasteiger partial charge in [0.25, 0.3) is 0 Å². The fourth-order valence-electron chi connectivity index (χ4n) is 1.17. The Hall–Kier alpha value is -1.32. The summed E-state index contributed by atoms with van der Waals surface area (Å²) in [7, 11) is 0. The molecule has 0 aliphatic heterocycles. The fraction of sp³-hybridized carbons (Fsp3) is 0.182. The van der Waals surface area contributed by atoms with Crippen molar-refractivity contribution < 1.29 is 9.90 Å². The van der Waals surface area contributed by atoms with Crippen LogP contribution in [-0.4, -0.2) is 17.6 Å². The van der Waals surface area contributed by atoms with E-state index in [0.717, 1.165) is 0 Å². The Morgan fingerprint density at radius 1 is 1.53 bits per heavy atom. The number of carboxylic acids is 1. The normalized spacial score (nSPS) is 10.8. The highest BCUT2D eigenvalue weighted by Gasteiger charge is 2.07. The number of aromatic carboxylic acids is 1. The lowest BCUT2D eigenvalue weighted by atomic mass is 10.1. The van der Waals surface area contributed by atoms with E-state index >= 15 is 0 Å². The van der Waals surface area contributed by atoms with E-state index in [2.05, 4.69) is 0 Å². The van der Waals surface area contributed by atoms with Gasteiger partial charge in [-0.25, -0.2) is 4.79 Å². The van der Waals surface area contributed by atoms with Crippen LogP contribution in [0.3, 0.4) is 0 Å². The van der Waals surface area contributed by atoms with Crippen LogP contribution in [-0.2, 0) is 0 Å². The van der Waals surface area contributed by atoms with Gasteiger partial charge in [0.15, 0.2) is 0 Å². The number of hydrogen-bond donors (Lipinski definition) is 2. The maximum atomic E-state index is 10.9. The number of nitrogens with two attached hydrogens (primary N) is 1. The van der Waals surface area contributed by atoms with Gasteiger partial charge in [-0.1, -0.05) is 23.8 Å². The molecule has 3 nitrogen and oxygen atoms in total. The number of halogens is 1. The molecule has 0 atom stereocenters. The van der Waals surface area contributed by atoms with Gasteiger partial charge in [-0.2, -0.15) is 0 Å². The average Bonchev–Trinajstić information content (AvgIpc) is 2.18. The molecule has 0 saturated carbocycles. The van der Waals surface area contributed by atoms with Crippen LogP contribution in [0, 0.1) is 0 Å². The number of hydrogen-bond acceptors (Lipinski definition) is 2. The second-order valence-corrected chi connectivity index (χ2v) is 3.45. The summed E-state index contributed by atoms with van der Waals surface area (Å²) in [5, 5.41) is 9.43. The summed E-state index contributed by atoms with van der Waals surface area (Å²) < 4.78 is 0. The molecular weight excluding hydrogens is 214 g/mol. The maximum Gasteiger partial charge on any atom is 0.336 e. The van der Waals surface area contributed by atoms with E-state index in [1.54, 1.807) is 18.2 Å². The molecule has 0 bridgehead atoms. The van der Waals surface area contributed by atoms with Crippen LogP contribution in [0.25, 0.3) is 6.08 Å². The van der Waals surface area contributed by atoms with Gasteiger partial charge in [0.05, 0.1) is 5.56 Å². The molecular formula is C11H12ClNO2. The summed E-state index contributed by atoms with van der Waals surface area (Å²) in [6, 6.07) is 4.68. The van der Waals surface area contributed by atoms with Gasteiger partial charge in [-0.05, 0) is 36.7 Å². The molecule has 1 rings (SSSR count). The van der Waals surface area contributed by atoms with E-state index < -0.39 is 5.97 Å². The molecule has 0 aliphatic rings. The van der Waals surface area contributed by atoms with Crippen molar-refractivity contribution in [1.82, 2.24) is 0 Å². The van der Waals surface area contributed by atoms with E-state index in [1.807, 2.05) is 6.08 Å². The molecule has 0 fully saturated rings. The first kappa shape index (κ1) is 11.8. The van der Waals surface area contributed by atoms with E-state index in [0.29, 0.717) is 23.6 Å². The highest BCUT2D eigenvalue weighted by atomic mass is 35.5. The average molecular weight is 226 g/mol. The Kier molecular flexibility index (Phi) is 4.34. The van der Waals surface area contributed by atoms with Gasteiger partial charge in [0, 0.05) is 5.02 Å². The van der Waals surface area contributed by atoms with E-state index in [4.69, 9.17) is 22.4 Å². The first-order valence-corrected chi connectivity index (χ1v) is 4.92. The SMILES string of the molecule is NCCC=Cc1cc(Cl)ccc1C(=O)O. The summed E-state index contributed by atoms with van der Waals surface area (Å²) in [6.07, 6.45) is 4.27. The summed E-state index contributed by atoms with van der Waals surface area (Å²) in [4.78, 5) is 10.9. The van der Waals surface area contributed by atoms with Crippen LogP contribution in [0.15, 0.2) is 24.3 Å². The van der Waals surface area contributed by atoms with Crippen molar-refractivity contribution in [3.8, 4) is 0 Å². The molecule has 0 unspecified atom stereocenters.